The van der Waals surface area contributed by atoms with Crippen molar-refractivity contribution in [3.63, 3.8) is 0 Å². The highest BCUT2D eigenvalue weighted by Gasteiger charge is 2.22. The Bertz CT molecular complexity index is 1020. The lowest BCUT2D eigenvalue weighted by molar-refractivity contribution is -0.120. The van der Waals surface area contributed by atoms with Crippen LogP contribution in [0.1, 0.15) is 24.6 Å². The van der Waals surface area contributed by atoms with Gasteiger partial charge in [-0.15, -0.1) is 0 Å². The first kappa shape index (κ1) is 18.7. The van der Waals surface area contributed by atoms with Gasteiger partial charge in [0.1, 0.15) is 12.1 Å². The third kappa shape index (κ3) is 4.13. The highest BCUT2D eigenvalue weighted by Crippen LogP contribution is 2.42. The number of ether oxygens (including phenoxy) is 2. The molecule has 150 valence electrons. The molecule has 29 heavy (non-hydrogen) atoms. The Morgan fingerprint density at radius 1 is 1.28 bits per heavy atom. The number of imidazole rings is 1. The Balaban J connectivity index is 1.64. The van der Waals surface area contributed by atoms with Crippen LogP contribution in [-0.2, 0) is 11.2 Å². The normalized spacial score (nSPS) is 12.1. The van der Waals surface area contributed by atoms with Gasteiger partial charge in [0.15, 0.2) is 11.5 Å². The van der Waals surface area contributed by atoms with Crippen LogP contribution in [0.4, 0.5) is 11.5 Å². The highest BCUT2D eigenvalue weighted by atomic mass is 16.7. The summed E-state index contributed by atoms with van der Waals surface area (Å²) in [5.74, 6) is 2.49. The van der Waals surface area contributed by atoms with Gasteiger partial charge >= 0.3 is 0 Å². The zero-order valence-corrected chi connectivity index (χ0v) is 16.3. The summed E-state index contributed by atoms with van der Waals surface area (Å²) in [6.07, 6.45) is 6.22. The van der Waals surface area contributed by atoms with Crippen LogP contribution in [0.25, 0.3) is 5.95 Å². The molecule has 0 fully saturated rings. The predicted molar refractivity (Wildman–Crippen MR) is 107 cm³/mol. The van der Waals surface area contributed by atoms with Crippen LogP contribution in [0.15, 0.2) is 36.9 Å². The number of hydrogen-bond donors (Lipinski definition) is 2. The molecule has 0 spiro atoms. The summed E-state index contributed by atoms with van der Waals surface area (Å²) in [6, 6.07) is 5.71. The maximum Gasteiger partial charge on any atom is 0.237 e. The van der Waals surface area contributed by atoms with E-state index in [2.05, 4.69) is 25.6 Å². The van der Waals surface area contributed by atoms with Crippen LogP contribution < -0.4 is 20.1 Å². The molecule has 3 aromatic rings. The van der Waals surface area contributed by atoms with Gasteiger partial charge in [0.05, 0.1) is 5.69 Å². The number of fused-ring (bicyclic) bond motifs is 1. The minimum absolute atomic E-state index is 0.0247. The lowest BCUT2D eigenvalue weighted by Crippen LogP contribution is -2.24. The Morgan fingerprint density at radius 3 is 2.97 bits per heavy atom. The molecule has 0 aliphatic carbocycles. The van der Waals surface area contributed by atoms with Crippen molar-refractivity contribution in [1.29, 1.82) is 0 Å². The Labute approximate surface area is 168 Å². The van der Waals surface area contributed by atoms with Gasteiger partial charge in [-0.05, 0) is 25.0 Å². The van der Waals surface area contributed by atoms with E-state index in [1.54, 1.807) is 23.3 Å². The third-order valence-corrected chi connectivity index (χ3v) is 4.49. The molecule has 1 aromatic carbocycles. The fraction of sp³-hybridized carbons (Fsp3) is 0.300. The molecule has 1 aliphatic heterocycles. The Kier molecular flexibility index (Phi) is 5.28. The second-order valence-electron chi connectivity index (χ2n) is 6.58. The van der Waals surface area contributed by atoms with E-state index in [1.807, 2.05) is 32.0 Å². The summed E-state index contributed by atoms with van der Waals surface area (Å²) in [5, 5.41) is 6.27. The van der Waals surface area contributed by atoms with Gasteiger partial charge < -0.3 is 20.1 Å². The number of rotatable bonds is 7. The molecule has 2 aromatic heterocycles. The van der Waals surface area contributed by atoms with E-state index < -0.39 is 0 Å². The molecule has 0 saturated heterocycles. The molecule has 0 unspecified atom stereocenters. The largest absolute Gasteiger partial charge is 0.454 e. The molecule has 0 radical (unpaired) electrons. The van der Waals surface area contributed by atoms with Crippen LogP contribution >= 0.6 is 0 Å². The standard InChI is InChI=1S/C20H22N6O3/c1-3-17(27)22-7-6-14-4-5-15-19(29-12-28-15)18(14)24-16-10-13(2)23-20(25-16)26-9-8-21-11-26/h4-5,8-11H,3,6-7,12H2,1-2H3,(H,22,27)(H,23,24,25). The van der Waals surface area contributed by atoms with Crippen molar-refractivity contribution in [2.24, 2.45) is 0 Å². The fourth-order valence-electron chi connectivity index (χ4n) is 3.06. The number of nitrogens with zero attached hydrogens (tertiary/aromatic N) is 4. The number of carbonyl (C=O) groups is 1. The molecule has 4 rings (SSSR count). The second-order valence-corrected chi connectivity index (χ2v) is 6.58. The van der Waals surface area contributed by atoms with E-state index >= 15 is 0 Å². The lowest BCUT2D eigenvalue weighted by Gasteiger charge is -2.15. The fourth-order valence-corrected chi connectivity index (χ4v) is 3.06. The third-order valence-electron chi connectivity index (χ3n) is 4.49. The topological polar surface area (TPSA) is 103 Å². The molecular formula is C20H22N6O3. The van der Waals surface area contributed by atoms with Crippen LogP contribution in [0.3, 0.4) is 0 Å². The lowest BCUT2D eigenvalue weighted by atomic mass is 10.1. The van der Waals surface area contributed by atoms with Crippen molar-refractivity contribution >= 4 is 17.4 Å². The predicted octanol–water partition coefficient (Wildman–Crippen LogP) is 2.51. The maximum atomic E-state index is 11.6. The van der Waals surface area contributed by atoms with Gasteiger partial charge in [-0.2, -0.15) is 4.98 Å². The summed E-state index contributed by atoms with van der Waals surface area (Å²) < 4.78 is 13.0. The number of benzene rings is 1. The van der Waals surface area contributed by atoms with Crippen molar-refractivity contribution in [3.05, 3.63) is 48.2 Å². The zero-order valence-electron chi connectivity index (χ0n) is 16.3. The van der Waals surface area contributed by atoms with E-state index in [0.29, 0.717) is 42.7 Å². The van der Waals surface area contributed by atoms with Gasteiger partial charge in [-0.1, -0.05) is 13.0 Å². The summed E-state index contributed by atoms with van der Waals surface area (Å²) >= 11 is 0. The average Bonchev–Trinajstić information content (AvgIpc) is 3.41. The van der Waals surface area contributed by atoms with E-state index in [-0.39, 0.29) is 12.7 Å². The average molecular weight is 394 g/mol. The first-order valence-corrected chi connectivity index (χ1v) is 9.43. The number of aryl methyl sites for hydroxylation is 1. The summed E-state index contributed by atoms with van der Waals surface area (Å²) in [6.45, 7) is 4.44. The van der Waals surface area contributed by atoms with Gasteiger partial charge in [0.25, 0.3) is 0 Å². The van der Waals surface area contributed by atoms with Crippen LogP contribution in [-0.4, -0.2) is 38.8 Å². The minimum Gasteiger partial charge on any atom is -0.454 e. The van der Waals surface area contributed by atoms with Crippen molar-refractivity contribution in [2.45, 2.75) is 26.7 Å². The minimum atomic E-state index is 0.0247. The second kappa shape index (κ2) is 8.17. The number of amides is 1. The van der Waals surface area contributed by atoms with Gasteiger partial charge in [-0.3, -0.25) is 9.36 Å². The molecule has 1 amide bonds. The van der Waals surface area contributed by atoms with E-state index in [1.165, 1.54) is 0 Å². The SMILES string of the molecule is CCC(=O)NCCc1ccc2c(c1Nc1cc(C)nc(-n3ccnc3)n1)OCO2. The van der Waals surface area contributed by atoms with Crippen LogP contribution in [0.5, 0.6) is 11.5 Å². The molecule has 0 bridgehead atoms. The molecule has 0 atom stereocenters. The Hall–Kier alpha value is -3.62. The molecule has 2 N–H and O–H groups in total. The molecule has 9 heteroatoms. The first-order valence-electron chi connectivity index (χ1n) is 9.43. The first-order chi connectivity index (χ1) is 14.1. The van der Waals surface area contributed by atoms with E-state index in [4.69, 9.17) is 9.47 Å². The summed E-state index contributed by atoms with van der Waals surface area (Å²) in [5.41, 5.74) is 2.58. The summed E-state index contributed by atoms with van der Waals surface area (Å²) in [4.78, 5) is 24.7. The highest BCUT2D eigenvalue weighted by molar-refractivity contribution is 5.76. The molecular weight excluding hydrogens is 372 g/mol. The number of aromatic nitrogens is 4. The number of carbonyl (C=O) groups excluding carboxylic acids is 1. The Morgan fingerprint density at radius 2 is 2.17 bits per heavy atom. The molecule has 0 saturated carbocycles. The quantitative estimate of drug-likeness (QED) is 0.635. The number of hydrogen-bond acceptors (Lipinski definition) is 7. The monoisotopic (exact) mass is 394 g/mol. The van der Waals surface area contributed by atoms with Crippen LogP contribution in [0.2, 0.25) is 0 Å². The van der Waals surface area contributed by atoms with Gasteiger partial charge in [-0.25, -0.2) is 9.97 Å². The molecule has 9 nitrogen and oxygen atoms in total. The maximum absolute atomic E-state index is 11.6. The smallest absolute Gasteiger partial charge is 0.237 e. The molecule has 1 aliphatic rings. The number of anilines is 2. The zero-order chi connectivity index (χ0) is 20.2. The van der Waals surface area contributed by atoms with Crippen molar-refractivity contribution in [1.82, 2.24) is 24.8 Å². The van der Waals surface area contributed by atoms with Crippen molar-refractivity contribution in [3.8, 4) is 17.4 Å². The summed E-state index contributed by atoms with van der Waals surface area (Å²) in [7, 11) is 0. The van der Waals surface area contributed by atoms with Crippen molar-refractivity contribution in [2.75, 3.05) is 18.7 Å². The number of nitrogens with one attached hydrogen (secondary N) is 2. The molecule has 3 heterocycles. The van der Waals surface area contributed by atoms with Gasteiger partial charge in [0.2, 0.25) is 18.6 Å². The van der Waals surface area contributed by atoms with Crippen LogP contribution in [0, 0.1) is 6.92 Å². The van der Waals surface area contributed by atoms with E-state index in [0.717, 1.165) is 16.9 Å². The van der Waals surface area contributed by atoms with Crippen molar-refractivity contribution < 1.29 is 14.3 Å². The van der Waals surface area contributed by atoms with Gasteiger partial charge in [0, 0.05) is 37.1 Å². The van der Waals surface area contributed by atoms with E-state index in [9.17, 15) is 4.79 Å².